The lowest BCUT2D eigenvalue weighted by Crippen LogP contribution is -2.72. The van der Waals surface area contributed by atoms with E-state index in [2.05, 4.69) is 19.1 Å². The second-order valence-electron chi connectivity index (χ2n) is 8.27. The Morgan fingerprint density at radius 1 is 0.767 bits per heavy atom. The van der Waals surface area contributed by atoms with Gasteiger partial charge in [0.1, 0.15) is 6.04 Å². The minimum Gasteiger partial charge on any atom is -0.544 e. The van der Waals surface area contributed by atoms with Crippen molar-refractivity contribution in [3.05, 3.63) is 12.2 Å². The van der Waals surface area contributed by atoms with Crippen LogP contribution in [0.2, 0.25) is 0 Å². The number of rotatable bonds is 18. The molecule has 7 heteroatoms. The Balaban J connectivity index is 4.80. The molecule has 30 heavy (non-hydrogen) atoms. The largest absolute Gasteiger partial charge is 0.544 e. The molecule has 174 valence electrons. The third-order valence-corrected chi connectivity index (χ3v) is 6.28. The van der Waals surface area contributed by atoms with Crippen molar-refractivity contribution >= 4 is 17.9 Å². The zero-order chi connectivity index (χ0) is 23.2. The molecular weight excluding hydrogens is 386 g/mol. The third-order valence-electron chi connectivity index (χ3n) is 6.28. The maximum Gasteiger partial charge on any atom is 0.362 e. The molecule has 0 aliphatic carbocycles. The Hall–Kier alpha value is -1.89. The van der Waals surface area contributed by atoms with E-state index in [4.69, 9.17) is 0 Å². The summed E-state index contributed by atoms with van der Waals surface area (Å²) in [5, 5.41) is 30.7. The van der Waals surface area contributed by atoms with Crippen molar-refractivity contribution in [1.82, 2.24) is 0 Å². The Bertz CT molecular complexity index is 510. The second kappa shape index (κ2) is 15.0. The standard InChI is InChI=1S/C23H41NO6/c1-5-6-7-8-9-10-11-12-13-14-15-16-17-24(18(2)21(25)26,19(3)22(27)28)20(4)23(29)30/h12-13,18-20H,5-11,14-17H2,1-4H3,(H2-,25,26,27,28,29,30)/b13-12+. The van der Waals surface area contributed by atoms with Crippen molar-refractivity contribution < 1.29 is 34.2 Å². The van der Waals surface area contributed by atoms with E-state index in [1.807, 2.05) is 0 Å². The van der Waals surface area contributed by atoms with E-state index >= 15 is 0 Å². The Morgan fingerprint density at radius 3 is 1.63 bits per heavy atom. The minimum absolute atomic E-state index is 0.154. The van der Waals surface area contributed by atoms with E-state index in [1.165, 1.54) is 59.3 Å². The molecule has 0 aromatic carbocycles. The molecule has 0 saturated carbocycles. The summed E-state index contributed by atoms with van der Waals surface area (Å²) in [5.41, 5.74) is 0. The normalized spacial score (nSPS) is 16.7. The van der Waals surface area contributed by atoms with Crippen molar-refractivity contribution in [2.45, 2.75) is 110 Å². The molecule has 0 fully saturated rings. The number of carbonyl (C=O) groups is 3. The lowest BCUT2D eigenvalue weighted by Gasteiger charge is -2.49. The van der Waals surface area contributed by atoms with Gasteiger partial charge in [-0.25, -0.2) is 9.59 Å². The van der Waals surface area contributed by atoms with Gasteiger partial charge >= 0.3 is 11.9 Å². The number of carbonyl (C=O) groups excluding carboxylic acids is 1. The molecule has 0 amide bonds. The molecule has 0 aliphatic heterocycles. The van der Waals surface area contributed by atoms with Gasteiger partial charge in [-0.2, -0.15) is 0 Å². The number of unbranched alkanes of at least 4 members (excludes halogenated alkanes) is 8. The maximum atomic E-state index is 11.7. The fourth-order valence-corrected chi connectivity index (χ4v) is 4.12. The molecular formula is C23H41NO6. The van der Waals surface area contributed by atoms with Gasteiger partial charge in [-0.3, -0.25) is 4.48 Å². The summed E-state index contributed by atoms with van der Waals surface area (Å²) in [6.45, 7) is 6.45. The Labute approximate surface area is 181 Å². The van der Waals surface area contributed by atoms with Crippen LogP contribution in [0.4, 0.5) is 0 Å². The first-order valence-corrected chi connectivity index (χ1v) is 11.3. The van der Waals surface area contributed by atoms with Crippen LogP contribution in [0.3, 0.4) is 0 Å². The number of carboxylic acids is 3. The fourth-order valence-electron chi connectivity index (χ4n) is 4.12. The summed E-state index contributed by atoms with van der Waals surface area (Å²) in [4.78, 5) is 35.0. The van der Waals surface area contributed by atoms with Gasteiger partial charge in [-0.05, 0) is 52.9 Å². The Kier molecular flexibility index (Phi) is 14.0. The van der Waals surface area contributed by atoms with Gasteiger partial charge in [0.05, 0.1) is 12.5 Å². The monoisotopic (exact) mass is 427 g/mol. The second-order valence-corrected chi connectivity index (χ2v) is 8.27. The van der Waals surface area contributed by atoms with Gasteiger partial charge < -0.3 is 20.1 Å². The molecule has 0 rings (SSSR count). The number of allylic oxidation sites excluding steroid dienone is 2. The van der Waals surface area contributed by atoms with Crippen LogP contribution in [0.1, 0.15) is 91.9 Å². The molecule has 3 unspecified atom stereocenters. The van der Waals surface area contributed by atoms with E-state index in [0.29, 0.717) is 6.42 Å². The van der Waals surface area contributed by atoms with Gasteiger partial charge in [0.25, 0.3) is 0 Å². The number of aliphatic carboxylic acids is 3. The number of nitrogens with zero attached hydrogens (tertiary/aromatic N) is 1. The molecule has 0 aromatic rings. The van der Waals surface area contributed by atoms with E-state index in [-0.39, 0.29) is 6.54 Å². The number of hydrogen-bond acceptors (Lipinski definition) is 4. The van der Waals surface area contributed by atoms with Gasteiger partial charge in [0, 0.05) is 0 Å². The average molecular weight is 428 g/mol. The van der Waals surface area contributed by atoms with E-state index in [0.717, 1.165) is 19.3 Å². The number of hydrogen-bond donors (Lipinski definition) is 2. The smallest absolute Gasteiger partial charge is 0.362 e. The predicted octanol–water partition coefficient (Wildman–Crippen LogP) is 3.36. The van der Waals surface area contributed by atoms with E-state index in [9.17, 15) is 29.7 Å². The molecule has 0 spiro atoms. The summed E-state index contributed by atoms with van der Waals surface area (Å²) < 4.78 is -0.561. The van der Waals surface area contributed by atoms with Gasteiger partial charge in [0.2, 0.25) is 0 Å². The van der Waals surface area contributed by atoms with Crippen molar-refractivity contribution in [2.24, 2.45) is 0 Å². The van der Waals surface area contributed by atoms with Crippen LogP contribution in [0.15, 0.2) is 12.2 Å². The highest BCUT2D eigenvalue weighted by Crippen LogP contribution is 2.27. The fraction of sp³-hybridized carbons (Fsp3) is 0.783. The highest BCUT2D eigenvalue weighted by Gasteiger charge is 2.50. The summed E-state index contributed by atoms with van der Waals surface area (Å²) in [5.74, 6) is -3.86. The third kappa shape index (κ3) is 8.86. The highest BCUT2D eigenvalue weighted by atomic mass is 16.4. The van der Waals surface area contributed by atoms with Crippen LogP contribution < -0.4 is 5.11 Å². The summed E-state index contributed by atoms with van der Waals surface area (Å²) >= 11 is 0. The summed E-state index contributed by atoms with van der Waals surface area (Å²) in [7, 11) is 0. The molecule has 3 atom stereocenters. The summed E-state index contributed by atoms with van der Waals surface area (Å²) in [6, 6.07) is -3.59. The van der Waals surface area contributed by atoms with Gasteiger partial charge in [-0.1, -0.05) is 51.2 Å². The molecule has 0 saturated heterocycles. The molecule has 0 aliphatic rings. The van der Waals surface area contributed by atoms with Crippen molar-refractivity contribution in [2.75, 3.05) is 6.54 Å². The molecule has 0 aromatic heterocycles. The number of quaternary nitrogens is 1. The van der Waals surface area contributed by atoms with Crippen LogP contribution in [0.25, 0.3) is 0 Å². The quantitative estimate of drug-likeness (QED) is 0.197. The summed E-state index contributed by atoms with van der Waals surface area (Å²) in [6.07, 6.45) is 14.9. The van der Waals surface area contributed by atoms with Crippen LogP contribution in [-0.2, 0) is 14.4 Å². The molecule has 0 bridgehead atoms. The van der Waals surface area contributed by atoms with Gasteiger partial charge in [-0.15, -0.1) is 0 Å². The van der Waals surface area contributed by atoms with E-state index < -0.39 is 40.5 Å². The minimum atomic E-state index is -1.44. The van der Waals surface area contributed by atoms with Gasteiger partial charge in [0.15, 0.2) is 12.1 Å². The molecule has 0 heterocycles. The SMILES string of the molecule is CCCCCCCC/C=C/CCCC[N+](C(C)C(=O)[O-])(C(C)C(=O)O)C(C)C(=O)O. The first kappa shape index (κ1) is 28.1. The zero-order valence-corrected chi connectivity index (χ0v) is 19.1. The van der Waals surface area contributed by atoms with Crippen LogP contribution >= 0.6 is 0 Å². The first-order chi connectivity index (χ1) is 14.1. The molecule has 2 N–H and O–H groups in total. The van der Waals surface area contributed by atoms with Crippen LogP contribution in [-0.4, -0.2) is 57.3 Å². The molecule has 0 radical (unpaired) electrons. The van der Waals surface area contributed by atoms with Crippen LogP contribution in [0.5, 0.6) is 0 Å². The highest BCUT2D eigenvalue weighted by molar-refractivity contribution is 5.76. The first-order valence-electron chi connectivity index (χ1n) is 11.3. The topological polar surface area (TPSA) is 115 Å². The Morgan fingerprint density at radius 2 is 1.20 bits per heavy atom. The van der Waals surface area contributed by atoms with E-state index in [1.54, 1.807) is 0 Å². The van der Waals surface area contributed by atoms with Crippen molar-refractivity contribution in [1.29, 1.82) is 0 Å². The lowest BCUT2D eigenvalue weighted by molar-refractivity contribution is -0.969. The van der Waals surface area contributed by atoms with Crippen molar-refractivity contribution in [3.63, 3.8) is 0 Å². The number of carboxylic acid groups (broad SMARTS) is 3. The molecule has 7 nitrogen and oxygen atoms in total. The zero-order valence-electron chi connectivity index (χ0n) is 19.1. The van der Waals surface area contributed by atoms with Crippen LogP contribution in [0, 0.1) is 0 Å². The lowest BCUT2D eigenvalue weighted by atomic mass is 10.0. The maximum absolute atomic E-state index is 11.7. The predicted molar refractivity (Wildman–Crippen MR) is 115 cm³/mol. The van der Waals surface area contributed by atoms with Crippen molar-refractivity contribution in [3.8, 4) is 0 Å². The average Bonchev–Trinajstić information content (AvgIpc) is 2.70.